The molecular formula is C22H27F2NO3. The van der Waals surface area contributed by atoms with Crippen LogP contribution in [0.15, 0.2) is 30.3 Å². The first kappa shape index (κ1) is 21.7. The van der Waals surface area contributed by atoms with Gasteiger partial charge in [0.05, 0.1) is 5.69 Å². The third-order valence-electron chi connectivity index (χ3n) is 4.56. The van der Waals surface area contributed by atoms with Crippen molar-refractivity contribution >= 4 is 11.8 Å². The van der Waals surface area contributed by atoms with Gasteiger partial charge in [0.1, 0.15) is 12.4 Å². The van der Waals surface area contributed by atoms with Gasteiger partial charge in [-0.2, -0.15) is 8.78 Å². The molecule has 28 heavy (non-hydrogen) atoms. The number of nitrogens with one attached hydrogen (secondary N) is 1. The van der Waals surface area contributed by atoms with E-state index in [-0.39, 0.29) is 12.5 Å². The Labute approximate surface area is 164 Å². The van der Waals surface area contributed by atoms with Crippen molar-refractivity contribution in [3.63, 3.8) is 0 Å². The Morgan fingerprint density at radius 1 is 1.11 bits per heavy atom. The second-order valence-corrected chi connectivity index (χ2v) is 7.06. The Morgan fingerprint density at radius 3 is 2.39 bits per heavy atom. The van der Waals surface area contributed by atoms with Crippen LogP contribution < -0.4 is 10.1 Å². The molecule has 4 nitrogen and oxygen atoms in total. The molecule has 0 radical (unpaired) electrons. The number of benzene rings is 2. The van der Waals surface area contributed by atoms with Gasteiger partial charge in [0.25, 0.3) is 0 Å². The molecule has 0 bridgehead atoms. The number of hydrogen-bond acceptors (Lipinski definition) is 3. The summed E-state index contributed by atoms with van der Waals surface area (Å²) in [6.07, 6.45) is -0.253. The highest BCUT2D eigenvalue weighted by molar-refractivity contribution is 5.87. The minimum Gasteiger partial charge on any atom is -0.489 e. The van der Waals surface area contributed by atoms with Crippen LogP contribution in [-0.2, 0) is 17.8 Å². The Kier molecular flexibility index (Phi) is 7.38. The fourth-order valence-electron chi connectivity index (χ4n) is 2.98. The molecule has 0 fully saturated rings. The van der Waals surface area contributed by atoms with Crippen LogP contribution in [0.25, 0.3) is 0 Å². The lowest BCUT2D eigenvalue weighted by atomic mass is 9.96. The third-order valence-corrected chi connectivity index (χ3v) is 4.56. The van der Waals surface area contributed by atoms with E-state index < -0.39 is 12.7 Å². The second kappa shape index (κ2) is 9.53. The standard InChI is InChI=1S/C22H27F2NO3/c1-6-16-7-8-19(14(4)9-16)27-12-18-11-17(13(2)3)10-15(5)20(18)25-22(26)28-21(23)24/h7-11,13,21H,6,12H2,1-5H3,(H,25,26). The van der Waals surface area contributed by atoms with Gasteiger partial charge in [-0.1, -0.05) is 45.0 Å². The smallest absolute Gasteiger partial charge is 0.416 e. The van der Waals surface area contributed by atoms with Gasteiger partial charge in [0, 0.05) is 5.56 Å². The van der Waals surface area contributed by atoms with Crippen molar-refractivity contribution in [1.29, 1.82) is 0 Å². The highest BCUT2D eigenvalue weighted by atomic mass is 19.3. The van der Waals surface area contributed by atoms with Crippen molar-refractivity contribution in [3.05, 3.63) is 58.1 Å². The predicted octanol–water partition coefficient (Wildman–Crippen LogP) is 6.34. The lowest BCUT2D eigenvalue weighted by Gasteiger charge is -2.18. The molecule has 0 unspecified atom stereocenters. The van der Waals surface area contributed by atoms with Crippen molar-refractivity contribution < 1.29 is 23.0 Å². The summed E-state index contributed by atoms with van der Waals surface area (Å²) in [5, 5.41) is 2.42. The summed E-state index contributed by atoms with van der Waals surface area (Å²) in [6.45, 7) is 7.02. The van der Waals surface area contributed by atoms with E-state index in [0.717, 1.165) is 28.9 Å². The number of ether oxygens (including phenoxy) is 2. The fourth-order valence-corrected chi connectivity index (χ4v) is 2.98. The Balaban J connectivity index is 2.30. The van der Waals surface area contributed by atoms with E-state index in [1.54, 1.807) is 0 Å². The molecule has 0 aliphatic heterocycles. The van der Waals surface area contributed by atoms with Crippen molar-refractivity contribution in [1.82, 2.24) is 0 Å². The molecule has 2 aromatic rings. The van der Waals surface area contributed by atoms with E-state index in [9.17, 15) is 13.6 Å². The van der Waals surface area contributed by atoms with Crippen molar-refractivity contribution in [2.45, 2.75) is 60.2 Å². The molecule has 0 spiro atoms. The van der Waals surface area contributed by atoms with Crippen molar-refractivity contribution in [2.75, 3.05) is 5.32 Å². The van der Waals surface area contributed by atoms with Gasteiger partial charge in [-0.15, -0.1) is 0 Å². The topological polar surface area (TPSA) is 47.6 Å². The Hall–Kier alpha value is -2.63. The first-order valence-corrected chi connectivity index (χ1v) is 9.32. The average Bonchev–Trinajstić information content (AvgIpc) is 2.61. The number of halogens is 2. The van der Waals surface area contributed by atoms with Crippen LogP contribution in [0.1, 0.15) is 54.5 Å². The summed E-state index contributed by atoms with van der Waals surface area (Å²) in [5.74, 6) is 1.01. The molecule has 1 N–H and O–H groups in total. The fraction of sp³-hybridized carbons (Fsp3) is 0.409. The molecule has 2 aromatic carbocycles. The minimum atomic E-state index is -3.17. The van der Waals surface area contributed by atoms with Gasteiger partial charge in [-0.25, -0.2) is 4.79 Å². The molecule has 0 atom stereocenters. The zero-order valence-corrected chi connectivity index (χ0v) is 16.9. The van der Waals surface area contributed by atoms with E-state index in [1.165, 1.54) is 5.56 Å². The molecule has 2 rings (SSSR count). The van der Waals surface area contributed by atoms with E-state index in [4.69, 9.17) is 4.74 Å². The van der Waals surface area contributed by atoms with Gasteiger partial charge in [-0.3, -0.25) is 5.32 Å². The Morgan fingerprint density at radius 2 is 1.82 bits per heavy atom. The van der Waals surface area contributed by atoms with Crippen LogP contribution in [0.2, 0.25) is 0 Å². The summed E-state index contributed by atoms with van der Waals surface area (Å²) >= 11 is 0. The zero-order valence-electron chi connectivity index (χ0n) is 16.9. The predicted molar refractivity (Wildman–Crippen MR) is 106 cm³/mol. The van der Waals surface area contributed by atoms with E-state index >= 15 is 0 Å². The zero-order chi connectivity index (χ0) is 20.8. The van der Waals surface area contributed by atoms with Crippen LogP contribution in [0.5, 0.6) is 5.75 Å². The van der Waals surface area contributed by atoms with Crippen LogP contribution in [0.4, 0.5) is 19.3 Å². The van der Waals surface area contributed by atoms with E-state index in [1.807, 2.05) is 38.1 Å². The first-order valence-electron chi connectivity index (χ1n) is 9.32. The Bertz CT molecular complexity index is 835. The number of anilines is 1. The van der Waals surface area contributed by atoms with Gasteiger partial charge >= 0.3 is 12.7 Å². The second-order valence-electron chi connectivity index (χ2n) is 7.06. The highest BCUT2D eigenvalue weighted by Crippen LogP contribution is 2.29. The normalized spacial score (nSPS) is 11.0. The summed E-state index contributed by atoms with van der Waals surface area (Å²) in [5.41, 5.74) is 5.20. The van der Waals surface area contributed by atoms with Crippen LogP contribution >= 0.6 is 0 Å². The van der Waals surface area contributed by atoms with Gasteiger partial charge in [0.15, 0.2) is 0 Å². The summed E-state index contributed by atoms with van der Waals surface area (Å²) in [6, 6.07) is 9.85. The number of amides is 1. The van der Waals surface area contributed by atoms with E-state index in [2.05, 4.69) is 36.9 Å². The largest absolute Gasteiger partial charge is 0.489 e. The molecule has 0 heterocycles. The number of carbonyl (C=O) groups is 1. The monoisotopic (exact) mass is 391 g/mol. The molecule has 6 heteroatoms. The molecule has 0 saturated carbocycles. The van der Waals surface area contributed by atoms with E-state index in [0.29, 0.717) is 11.3 Å². The van der Waals surface area contributed by atoms with Crippen LogP contribution in [0, 0.1) is 13.8 Å². The maximum absolute atomic E-state index is 12.3. The average molecular weight is 391 g/mol. The minimum absolute atomic E-state index is 0.192. The van der Waals surface area contributed by atoms with Gasteiger partial charge < -0.3 is 9.47 Å². The first-order chi connectivity index (χ1) is 13.2. The summed E-state index contributed by atoms with van der Waals surface area (Å²) < 4.78 is 34.6. The molecule has 1 amide bonds. The number of rotatable bonds is 7. The SMILES string of the molecule is CCc1ccc(OCc2cc(C(C)C)cc(C)c2NC(=O)OC(F)F)c(C)c1. The maximum Gasteiger partial charge on any atom is 0.416 e. The molecular weight excluding hydrogens is 364 g/mol. The molecule has 0 aromatic heterocycles. The number of hydrogen-bond donors (Lipinski definition) is 1. The van der Waals surface area contributed by atoms with Gasteiger partial charge in [-0.05, 0) is 54.5 Å². The summed E-state index contributed by atoms with van der Waals surface area (Å²) in [4.78, 5) is 11.7. The molecule has 152 valence electrons. The van der Waals surface area contributed by atoms with Crippen molar-refractivity contribution in [3.8, 4) is 5.75 Å². The van der Waals surface area contributed by atoms with Crippen LogP contribution in [-0.4, -0.2) is 12.7 Å². The highest BCUT2D eigenvalue weighted by Gasteiger charge is 2.17. The number of alkyl halides is 2. The molecule has 0 aliphatic rings. The number of aryl methyl sites for hydroxylation is 3. The lowest BCUT2D eigenvalue weighted by molar-refractivity contribution is -0.0766. The van der Waals surface area contributed by atoms with Gasteiger partial charge in [0.2, 0.25) is 0 Å². The summed E-state index contributed by atoms with van der Waals surface area (Å²) in [7, 11) is 0. The lowest BCUT2D eigenvalue weighted by Crippen LogP contribution is -2.19. The number of carbonyl (C=O) groups excluding carboxylic acids is 1. The van der Waals surface area contributed by atoms with Crippen LogP contribution in [0.3, 0.4) is 0 Å². The quantitative estimate of drug-likeness (QED) is 0.599. The molecule has 0 saturated heterocycles. The third kappa shape index (κ3) is 5.68. The van der Waals surface area contributed by atoms with Crippen molar-refractivity contribution in [2.24, 2.45) is 0 Å². The maximum atomic E-state index is 12.3. The molecule has 0 aliphatic carbocycles.